The van der Waals surface area contributed by atoms with Crippen molar-refractivity contribution in [2.45, 2.75) is 13.3 Å². The zero-order valence-corrected chi connectivity index (χ0v) is 20.1. The van der Waals surface area contributed by atoms with Crippen LogP contribution in [0.25, 0.3) is 11.1 Å². The molecule has 0 saturated heterocycles. The first-order valence-electron chi connectivity index (χ1n) is 9.16. The van der Waals surface area contributed by atoms with E-state index >= 15 is 0 Å². The zero-order valence-electron chi connectivity index (χ0n) is 16.1. The number of hydrogen-bond acceptors (Lipinski definition) is 9. The maximum absolute atomic E-state index is 5.91. The molecule has 30 heavy (non-hydrogen) atoms. The summed E-state index contributed by atoms with van der Waals surface area (Å²) in [5.41, 5.74) is 1.71. The summed E-state index contributed by atoms with van der Waals surface area (Å²) in [6.07, 6.45) is 5.76. The summed E-state index contributed by atoms with van der Waals surface area (Å²) in [6.45, 7) is 3.55. The van der Waals surface area contributed by atoms with Gasteiger partial charge in [-0.15, -0.1) is 0 Å². The van der Waals surface area contributed by atoms with Crippen LogP contribution in [0.2, 0.25) is 0 Å². The van der Waals surface area contributed by atoms with Crippen molar-refractivity contribution in [3.63, 3.8) is 0 Å². The first-order chi connectivity index (χ1) is 14.7. The zero-order chi connectivity index (χ0) is 21.2. The molecule has 11 heteroatoms. The van der Waals surface area contributed by atoms with E-state index in [0.717, 1.165) is 33.0 Å². The lowest BCUT2D eigenvalue weighted by atomic mass is 10.1. The molecule has 2 heterocycles. The fourth-order valence-corrected chi connectivity index (χ4v) is 3.42. The quantitative estimate of drug-likeness (QED) is 0.253. The maximum atomic E-state index is 5.91. The minimum absolute atomic E-state index is 0.278. The number of hydrogen-bond donors (Lipinski definition) is 2. The molecule has 1 aromatic carbocycles. The maximum Gasteiger partial charge on any atom is 0.316 e. The van der Waals surface area contributed by atoms with Crippen molar-refractivity contribution in [1.82, 2.24) is 24.7 Å². The van der Waals surface area contributed by atoms with Gasteiger partial charge < -0.3 is 14.2 Å². The Morgan fingerprint density at radius 2 is 1.67 bits per heavy atom. The van der Waals surface area contributed by atoms with Gasteiger partial charge >= 0.3 is 6.01 Å². The Bertz CT molecular complexity index is 931. The van der Waals surface area contributed by atoms with E-state index in [9.17, 15) is 0 Å². The molecule has 0 atom stereocenters. The molecule has 0 unspecified atom stereocenters. The summed E-state index contributed by atoms with van der Waals surface area (Å²) in [5, 5.41) is 0. The molecule has 2 aromatic heterocycles. The molecule has 3 aromatic rings. The summed E-state index contributed by atoms with van der Waals surface area (Å²) in [6, 6.07) is 8.19. The van der Waals surface area contributed by atoms with Crippen LogP contribution in [-0.4, -0.2) is 39.7 Å². The van der Waals surface area contributed by atoms with E-state index in [-0.39, 0.29) is 13.2 Å². The molecule has 0 aliphatic carbocycles. The number of halogens is 2. The highest BCUT2D eigenvalue weighted by Gasteiger charge is 2.15. The van der Waals surface area contributed by atoms with E-state index in [2.05, 4.69) is 68.2 Å². The third kappa shape index (κ3) is 6.79. The SMILES string of the molecule is CCCNSNc1ncnc(OCCOc2ncc(Br)cn2)c1-c1ccc(Br)cc1. The van der Waals surface area contributed by atoms with E-state index in [1.807, 2.05) is 24.3 Å². The topological polar surface area (TPSA) is 94.1 Å². The highest BCUT2D eigenvalue weighted by atomic mass is 79.9. The van der Waals surface area contributed by atoms with Gasteiger partial charge in [0.15, 0.2) is 5.82 Å². The van der Waals surface area contributed by atoms with E-state index in [4.69, 9.17) is 9.47 Å². The van der Waals surface area contributed by atoms with Gasteiger partial charge in [0, 0.05) is 35.5 Å². The molecule has 0 spiro atoms. The van der Waals surface area contributed by atoms with Crippen molar-refractivity contribution in [3.8, 4) is 23.0 Å². The van der Waals surface area contributed by atoms with Crippen LogP contribution in [0.3, 0.4) is 0 Å². The molecule has 0 bridgehead atoms. The Balaban J connectivity index is 1.71. The lowest BCUT2D eigenvalue weighted by Gasteiger charge is -2.15. The van der Waals surface area contributed by atoms with Crippen LogP contribution in [-0.2, 0) is 0 Å². The molecule has 0 fully saturated rings. The Labute approximate surface area is 196 Å². The van der Waals surface area contributed by atoms with Crippen LogP contribution in [0.1, 0.15) is 13.3 Å². The van der Waals surface area contributed by atoms with Crippen molar-refractivity contribution in [2.75, 3.05) is 24.5 Å². The second-order valence-electron chi connectivity index (χ2n) is 5.89. The molecule has 0 saturated carbocycles. The van der Waals surface area contributed by atoms with Gasteiger partial charge in [-0.05, 0) is 40.0 Å². The van der Waals surface area contributed by atoms with Gasteiger partial charge in [-0.3, -0.25) is 0 Å². The van der Waals surface area contributed by atoms with Crippen molar-refractivity contribution >= 4 is 49.8 Å². The normalized spacial score (nSPS) is 10.6. The molecular formula is C19H20Br2N6O2S. The largest absolute Gasteiger partial charge is 0.473 e. The molecular weight excluding hydrogens is 536 g/mol. The average molecular weight is 556 g/mol. The van der Waals surface area contributed by atoms with Crippen LogP contribution in [0.15, 0.2) is 51.9 Å². The fourth-order valence-electron chi connectivity index (χ4n) is 2.32. The first-order valence-corrected chi connectivity index (χ1v) is 11.6. The Kier molecular flexibility index (Phi) is 9.12. The van der Waals surface area contributed by atoms with Crippen LogP contribution < -0.4 is 18.9 Å². The second-order valence-corrected chi connectivity index (χ2v) is 8.42. The highest BCUT2D eigenvalue weighted by molar-refractivity contribution is 9.10. The summed E-state index contributed by atoms with van der Waals surface area (Å²) < 4.78 is 19.7. The third-order valence-corrected chi connectivity index (χ3v) is 5.25. The molecule has 0 amide bonds. The van der Waals surface area contributed by atoms with E-state index < -0.39 is 0 Å². The summed E-state index contributed by atoms with van der Waals surface area (Å²) in [7, 11) is 0. The first kappa shape index (κ1) is 22.7. The minimum Gasteiger partial charge on any atom is -0.473 e. The van der Waals surface area contributed by atoms with Crippen molar-refractivity contribution in [3.05, 3.63) is 51.9 Å². The van der Waals surface area contributed by atoms with E-state index in [1.165, 1.54) is 18.5 Å². The monoisotopic (exact) mass is 554 g/mol. The predicted octanol–water partition coefficient (Wildman–Crippen LogP) is 4.89. The van der Waals surface area contributed by atoms with Gasteiger partial charge in [-0.2, -0.15) is 0 Å². The van der Waals surface area contributed by atoms with Crippen molar-refractivity contribution in [2.24, 2.45) is 0 Å². The molecule has 158 valence electrons. The van der Waals surface area contributed by atoms with Crippen LogP contribution in [0.5, 0.6) is 11.9 Å². The van der Waals surface area contributed by atoms with Crippen LogP contribution in [0.4, 0.5) is 5.82 Å². The van der Waals surface area contributed by atoms with Crippen LogP contribution >= 0.6 is 44.0 Å². The lowest BCUT2D eigenvalue weighted by molar-refractivity contribution is 0.202. The molecule has 0 radical (unpaired) electrons. The molecule has 8 nitrogen and oxygen atoms in total. The molecule has 2 N–H and O–H groups in total. The number of anilines is 1. The second kappa shape index (κ2) is 12.0. The molecule has 3 rings (SSSR count). The Hall–Kier alpha value is -1.95. The van der Waals surface area contributed by atoms with E-state index in [1.54, 1.807) is 12.4 Å². The Morgan fingerprint density at radius 3 is 2.40 bits per heavy atom. The number of nitrogens with one attached hydrogen (secondary N) is 2. The third-order valence-electron chi connectivity index (χ3n) is 3.67. The van der Waals surface area contributed by atoms with Crippen molar-refractivity contribution < 1.29 is 9.47 Å². The number of nitrogens with zero attached hydrogens (tertiary/aromatic N) is 4. The smallest absolute Gasteiger partial charge is 0.316 e. The number of ether oxygens (including phenoxy) is 2. The number of aromatic nitrogens is 4. The van der Waals surface area contributed by atoms with Crippen molar-refractivity contribution in [1.29, 1.82) is 0 Å². The van der Waals surface area contributed by atoms with Gasteiger partial charge in [0.2, 0.25) is 5.88 Å². The van der Waals surface area contributed by atoms with Gasteiger partial charge in [-0.1, -0.05) is 35.0 Å². The Morgan fingerprint density at radius 1 is 0.933 bits per heavy atom. The fraction of sp³-hybridized carbons (Fsp3) is 0.263. The molecule has 0 aliphatic heterocycles. The van der Waals surface area contributed by atoms with Gasteiger partial charge in [0.25, 0.3) is 0 Å². The summed E-state index contributed by atoms with van der Waals surface area (Å²) >= 11 is 8.14. The van der Waals surface area contributed by atoms with Gasteiger partial charge in [-0.25, -0.2) is 24.7 Å². The molecule has 0 aliphatic rings. The predicted molar refractivity (Wildman–Crippen MR) is 125 cm³/mol. The minimum atomic E-state index is 0.278. The summed E-state index contributed by atoms with van der Waals surface area (Å²) in [4.78, 5) is 16.9. The number of benzene rings is 1. The van der Waals surface area contributed by atoms with Gasteiger partial charge in [0.05, 0.1) is 10.0 Å². The lowest BCUT2D eigenvalue weighted by Crippen LogP contribution is -2.13. The van der Waals surface area contributed by atoms with Gasteiger partial charge in [0.1, 0.15) is 19.5 Å². The van der Waals surface area contributed by atoms with E-state index in [0.29, 0.717) is 17.7 Å². The van der Waals surface area contributed by atoms with Crippen LogP contribution in [0, 0.1) is 0 Å². The number of rotatable bonds is 11. The average Bonchev–Trinajstić information content (AvgIpc) is 2.76. The highest BCUT2D eigenvalue weighted by Crippen LogP contribution is 2.35. The standard InChI is InChI=1S/C19H20Br2N6O2S/c1-2-7-26-30-27-17-16(13-3-5-14(20)6-4-13)18(25-12-24-17)28-8-9-29-19-22-10-15(21)11-23-19/h3-6,10-12,26H,2,7-9H2,1H3,(H,24,25,27). The summed E-state index contributed by atoms with van der Waals surface area (Å²) in [5.74, 6) is 1.12.